The van der Waals surface area contributed by atoms with Gasteiger partial charge < -0.3 is 5.73 Å². The first-order valence-corrected chi connectivity index (χ1v) is 6.09. The lowest BCUT2D eigenvalue weighted by atomic mass is 10.2. The van der Waals surface area contributed by atoms with Gasteiger partial charge >= 0.3 is 0 Å². The Labute approximate surface area is 112 Å². The molecule has 0 radical (unpaired) electrons. The molecular formula is C11H10BrClFN3. The molecule has 1 heterocycles. The molecule has 90 valence electrons. The van der Waals surface area contributed by atoms with E-state index < -0.39 is 5.82 Å². The summed E-state index contributed by atoms with van der Waals surface area (Å²) in [5, 5.41) is 4.31. The standard InChI is InChI=1S/C11H10BrClFN3/c1-6-9(12)11(15)17(16-6)5-7-3-2-4-8(13)10(7)14/h2-4H,5,15H2,1H3. The number of rotatable bonds is 2. The molecule has 0 atom stereocenters. The van der Waals surface area contributed by atoms with Gasteiger partial charge in [-0.2, -0.15) is 5.10 Å². The molecule has 0 aliphatic rings. The van der Waals surface area contributed by atoms with E-state index in [-0.39, 0.29) is 11.6 Å². The van der Waals surface area contributed by atoms with Crippen LogP contribution in [0, 0.1) is 12.7 Å². The Hall–Kier alpha value is -1.07. The molecule has 0 saturated heterocycles. The maximum atomic E-state index is 13.7. The van der Waals surface area contributed by atoms with Crippen molar-refractivity contribution in [3.63, 3.8) is 0 Å². The smallest absolute Gasteiger partial charge is 0.146 e. The highest BCUT2D eigenvalue weighted by Gasteiger charge is 2.12. The summed E-state index contributed by atoms with van der Waals surface area (Å²) < 4.78 is 16.0. The third kappa shape index (κ3) is 2.30. The predicted molar refractivity (Wildman–Crippen MR) is 69.6 cm³/mol. The van der Waals surface area contributed by atoms with Crippen LogP contribution in [0.2, 0.25) is 5.02 Å². The number of aryl methyl sites for hydroxylation is 1. The van der Waals surface area contributed by atoms with Crippen molar-refractivity contribution < 1.29 is 4.39 Å². The van der Waals surface area contributed by atoms with E-state index in [1.54, 1.807) is 12.1 Å². The number of nitrogen functional groups attached to an aromatic ring is 1. The van der Waals surface area contributed by atoms with Crippen LogP contribution in [0.5, 0.6) is 0 Å². The second kappa shape index (κ2) is 4.66. The fourth-order valence-electron chi connectivity index (χ4n) is 1.53. The second-order valence-corrected chi connectivity index (χ2v) is 4.86. The first kappa shape index (κ1) is 12.4. The van der Waals surface area contributed by atoms with Gasteiger partial charge in [-0.3, -0.25) is 0 Å². The minimum absolute atomic E-state index is 0.101. The summed E-state index contributed by atoms with van der Waals surface area (Å²) in [6, 6.07) is 4.86. The molecule has 0 aliphatic heterocycles. The number of anilines is 1. The van der Waals surface area contributed by atoms with Crippen LogP contribution in [0.1, 0.15) is 11.3 Å². The fourth-order valence-corrected chi connectivity index (χ4v) is 2.01. The van der Waals surface area contributed by atoms with Gasteiger partial charge in [0.1, 0.15) is 11.6 Å². The molecule has 0 amide bonds. The van der Waals surface area contributed by atoms with E-state index in [0.29, 0.717) is 11.4 Å². The predicted octanol–water partition coefficient (Wildman–Crippen LogP) is 3.38. The zero-order chi connectivity index (χ0) is 12.6. The van der Waals surface area contributed by atoms with E-state index in [2.05, 4.69) is 21.0 Å². The van der Waals surface area contributed by atoms with Gasteiger partial charge in [-0.15, -0.1) is 0 Å². The summed E-state index contributed by atoms with van der Waals surface area (Å²) in [7, 11) is 0. The van der Waals surface area contributed by atoms with Gasteiger partial charge in [0, 0.05) is 5.56 Å². The zero-order valence-electron chi connectivity index (χ0n) is 9.04. The van der Waals surface area contributed by atoms with Crippen molar-refractivity contribution in [2.75, 3.05) is 5.73 Å². The maximum absolute atomic E-state index is 13.7. The van der Waals surface area contributed by atoms with Crippen molar-refractivity contribution >= 4 is 33.3 Å². The average Bonchev–Trinajstić information content (AvgIpc) is 2.53. The Balaban J connectivity index is 2.38. The van der Waals surface area contributed by atoms with E-state index in [1.807, 2.05) is 6.92 Å². The molecule has 0 aliphatic carbocycles. The molecule has 6 heteroatoms. The molecular weight excluding hydrogens is 308 g/mol. The first-order chi connectivity index (χ1) is 8.00. The molecule has 1 aromatic carbocycles. The minimum Gasteiger partial charge on any atom is -0.383 e. The number of nitrogens with zero attached hydrogens (tertiary/aromatic N) is 2. The first-order valence-electron chi connectivity index (χ1n) is 4.92. The molecule has 0 fully saturated rings. The molecule has 0 bridgehead atoms. The van der Waals surface area contributed by atoms with Crippen molar-refractivity contribution in [3.8, 4) is 0 Å². The monoisotopic (exact) mass is 317 g/mol. The van der Waals surface area contributed by atoms with E-state index in [0.717, 1.165) is 10.2 Å². The van der Waals surface area contributed by atoms with Crippen LogP contribution in [0.4, 0.5) is 10.2 Å². The normalized spacial score (nSPS) is 10.8. The van der Waals surface area contributed by atoms with E-state index in [9.17, 15) is 4.39 Å². The molecule has 2 rings (SSSR count). The van der Waals surface area contributed by atoms with Gasteiger partial charge in [0.05, 0.1) is 21.7 Å². The number of hydrogen-bond acceptors (Lipinski definition) is 2. The van der Waals surface area contributed by atoms with Crippen molar-refractivity contribution in [2.45, 2.75) is 13.5 Å². The number of hydrogen-bond donors (Lipinski definition) is 1. The minimum atomic E-state index is -0.433. The number of benzene rings is 1. The van der Waals surface area contributed by atoms with Crippen molar-refractivity contribution in [1.29, 1.82) is 0 Å². The van der Waals surface area contributed by atoms with Gasteiger partial charge in [-0.05, 0) is 28.9 Å². The molecule has 0 spiro atoms. The summed E-state index contributed by atoms with van der Waals surface area (Å²) in [6.45, 7) is 2.08. The van der Waals surface area contributed by atoms with Crippen LogP contribution < -0.4 is 5.73 Å². The number of nitrogens with two attached hydrogens (primary N) is 1. The average molecular weight is 319 g/mol. The maximum Gasteiger partial charge on any atom is 0.146 e. The molecule has 2 aromatic rings. The zero-order valence-corrected chi connectivity index (χ0v) is 11.4. The third-order valence-corrected chi connectivity index (χ3v) is 3.71. The van der Waals surface area contributed by atoms with Gasteiger partial charge in [0.15, 0.2) is 0 Å². The van der Waals surface area contributed by atoms with E-state index >= 15 is 0 Å². The molecule has 17 heavy (non-hydrogen) atoms. The second-order valence-electron chi connectivity index (χ2n) is 3.66. The molecule has 1 aromatic heterocycles. The van der Waals surface area contributed by atoms with E-state index in [1.165, 1.54) is 10.7 Å². The Morgan fingerprint density at radius 3 is 2.82 bits per heavy atom. The number of aromatic nitrogens is 2. The summed E-state index contributed by atoms with van der Waals surface area (Å²) in [5.41, 5.74) is 7.06. The molecule has 3 nitrogen and oxygen atoms in total. The largest absolute Gasteiger partial charge is 0.383 e. The third-order valence-electron chi connectivity index (χ3n) is 2.44. The Morgan fingerprint density at radius 2 is 2.24 bits per heavy atom. The Morgan fingerprint density at radius 1 is 1.53 bits per heavy atom. The highest BCUT2D eigenvalue weighted by Crippen LogP contribution is 2.25. The van der Waals surface area contributed by atoms with Crippen LogP contribution in [-0.4, -0.2) is 9.78 Å². The van der Waals surface area contributed by atoms with Crippen molar-refractivity contribution in [3.05, 3.63) is 44.8 Å². The van der Waals surface area contributed by atoms with Crippen molar-refractivity contribution in [1.82, 2.24) is 9.78 Å². The van der Waals surface area contributed by atoms with Crippen LogP contribution in [-0.2, 0) is 6.54 Å². The van der Waals surface area contributed by atoms with Gasteiger partial charge in [-0.1, -0.05) is 23.7 Å². The summed E-state index contributed by atoms with van der Waals surface area (Å²) in [5.74, 6) is 0.0414. The SMILES string of the molecule is Cc1nn(Cc2cccc(Cl)c2F)c(N)c1Br. The fraction of sp³-hybridized carbons (Fsp3) is 0.182. The summed E-state index contributed by atoms with van der Waals surface area (Å²) in [6.07, 6.45) is 0. The summed E-state index contributed by atoms with van der Waals surface area (Å²) >= 11 is 9.03. The lowest BCUT2D eigenvalue weighted by Crippen LogP contribution is -2.07. The summed E-state index contributed by atoms with van der Waals surface area (Å²) in [4.78, 5) is 0. The Bertz CT molecular complexity index is 568. The van der Waals surface area contributed by atoms with Gasteiger partial charge in [0.2, 0.25) is 0 Å². The van der Waals surface area contributed by atoms with Crippen LogP contribution in [0.15, 0.2) is 22.7 Å². The lowest BCUT2D eigenvalue weighted by molar-refractivity contribution is 0.587. The van der Waals surface area contributed by atoms with Crippen LogP contribution in [0.25, 0.3) is 0 Å². The molecule has 0 saturated carbocycles. The molecule has 0 unspecified atom stereocenters. The van der Waals surface area contributed by atoms with Crippen LogP contribution >= 0.6 is 27.5 Å². The molecule has 2 N–H and O–H groups in total. The van der Waals surface area contributed by atoms with Crippen LogP contribution in [0.3, 0.4) is 0 Å². The highest BCUT2D eigenvalue weighted by molar-refractivity contribution is 9.10. The quantitative estimate of drug-likeness (QED) is 0.922. The lowest BCUT2D eigenvalue weighted by Gasteiger charge is -2.06. The Kier molecular flexibility index (Phi) is 3.40. The van der Waals surface area contributed by atoms with Gasteiger partial charge in [0.25, 0.3) is 0 Å². The topological polar surface area (TPSA) is 43.8 Å². The van der Waals surface area contributed by atoms with E-state index in [4.69, 9.17) is 17.3 Å². The van der Waals surface area contributed by atoms with Crippen molar-refractivity contribution in [2.24, 2.45) is 0 Å². The number of halogens is 3. The van der Waals surface area contributed by atoms with Gasteiger partial charge in [-0.25, -0.2) is 9.07 Å². The highest BCUT2D eigenvalue weighted by atomic mass is 79.9.